The summed E-state index contributed by atoms with van der Waals surface area (Å²) in [5, 5.41) is 0. The van der Waals surface area contributed by atoms with Crippen molar-refractivity contribution in [3.8, 4) is 0 Å². The lowest BCUT2D eigenvalue weighted by molar-refractivity contribution is 0.498. The molecule has 158 valence electrons. The molecule has 0 aliphatic rings. The van der Waals surface area contributed by atoms with Crippen molar-refractivity contribution >= 4 is 20.0 Å². The monoisotopic (exact) mass is 436 g/mol. The lowest BCUT2D eigenvalue weighted by atomic mass is 10.2. The standard InChI is InChI=1S/C21H28N2O4S2/c1-5-19(22-28(24,25)20-12-8-17(2)9-13-20)7-6-16-23(4)29(26,27)21-14-10-18(3)11-15-21/h6-15,19,22H,5,16H2,1-4H3/b7-6+. The molecule has 0 aliphatic carbocycles. The second kappa shape index (κ2) is 9.67. The number of likely N-dealkylation sites (N-methyl/N-ethyl adjacent to an activating group) is 1. The normalized spacial score (nSPS) is 13.8. The van der Waals surface area contributed by atoms with Gasteiger partial charge in [-0.3, -0.25) is 0 Å². The van der Waals surface area contributed by atoms with Crippen molar-refractivity contribution in [1.82, 2.24) is 9.03 Å². The van der Waals surface area contributed by atoms with Gasteiger partial charge >= 0.3 is 0 Å². The summed E-state index contributed by atoms with van der Waals surface area (Å²) in [4.78, 5) is 0.431. The van der Waals surface area contributed by atoms with Crippen LogP contribution in [-0.4, -0.2) is 40.8 Å². The van der Waals surface area contributed by atoms with Crippen molar-refractivity contribution in [3.63, 3.8) is 0 Å². The Labute approximate surface area is 174 Å². The largest absolute Gasteiger partial charge is 0.243 e. The number of benzene rings is 2. The zero-order valence-electron chi connectivity index (χ0n) is 17.2. The van der Waals surface area contributed by atoms with Gasteiger partial charge in [0.1, 0.15) is 0 Å². The van der Waals surface area contributed by atoms with Crippen molar-refractivity contribution in [3.05, 3.63) is 71.8 Å². The fourth-order valence-electron chi connectivity index (χ4n) is 2.61. The van der Waals surface area contributed by atoms with Gasteiger partial charge in [0, 0.05) is 19.6 Å². The number of hydrogen-bond donors (Lipinski definition) is 1. The Hall–Kier alpha value is -2.00. The summed E-state index contributed by atoms with van der Waals surface area (Å²) in [6.45, 7) is 5.78. The molecule has 0 aromatic heterocycles. The summed E-state index contributed by atoms with van der Waals surface area (Å²) in [6.07, 6.45) is 3.89. The van der Waals surface area contributed by atoms with Crippen LogP contribution in [0.4, 0.5) is 0 Å². The molecule has 0 aliphatic heterocycles. The second-order valence-electron chi connectivity index (χ2n) is 6.98. The summed E-state index contributed by atoms with van der Waals surface area (Å²) in [5.74, 6) is 0. The first kappa shape index (κ1) is 23.3. The zero-order chi connectivity index (χ0) is 21.7. The van der Waals surface area contributed by atoms with Crippen LogP contribution >= 0.6 is 0 Å². The number of rotatable bonds is 9. The molecule has 6 nitrogen and oxygen atoms in total. The number of nitrogens with one attached hydrogen (secondary N) is 1. The van der Waals surface area contributed by atoms with Crippen LogP contribution in [0.25, 0.3) is 0 Å². The Morgan fingerprint density at radius 1 is 0.897 bits per heavy atom. The summed E-state index contributed by atoms with van der Waals surface area (Å²) >= 11 is 0. The quantitative estimate of drug-likeness (QED) is 0.612. The molecule has 0 bridgehead atoms. The van der Waals surface area contributed by atoms with Crippen molar-refractivity contribution < 1.29 is 16.8 Å². The zero-order valence-corrected chi connectivity index (χ0v) is 18.8. The smallest absolute Gasteiger partial charge is 0.207 e. The first-order chi connectivity index (χ1) is 13.6. The highest BCUT2D eigenvalue weighted by molar-refractivity contribution is 7.89. The Balaban J connectivity index is 2.05. The van der Waals surface area contributed by atoms with Gasteiger partial charge in [0.15, 0.2) is 0 Å². The van der Waals surface area contributed by atoms with E-state index in [1.165, 1.54) is 11.4 Å². The van der Waals surface area contributed by atoms with Crippen molar-refractivity contribution in [2.75, 3.05) is 13.6 Å². The molecule has 8 heteroatoms. The van der Waals surface area contributed by atoms with E-state index in [-0.39, 0.29) is 16.3 Å². The predicted molar refractivity (Wildman–Crippen MR) is 116 cm³/mol. The molecular formula is C21H28N2O4S2. The minimum atomic E-state index is -3.65. The maximum Gasteiger partial charge on any atom is 0.243 e. The van der Waals surface area contributed by atoms with Gasteiger partial charge in [-0.1, -0.05) is 54.5 Å². The molecule has 0 saturated carbocycles. The Morgan fingerprint density at radius 2 is 1.38 bits per heavy atom. The average Bonchev–Trinajstić information content (AvgIpc) is 2.67. The molecule has 0 radical (unpaired) electrons. The molecule has 1 atom stereocenters. The Bertz CT molecular complexity index is 1040. The number of sulfonamides is 2. The molecule has 0 amide bonds. The fourth-order valence-corrected chi connectivity index (χ4v) is 5.00. The second-order valence-corrected chi connectivity index (χ2v) is 10.7. The maximum atomic E-state index is 12.6. The first-order valence-corrected chi connectivity index (χ1v) is 12.3. The van der Waals surface area contributed by atoms with Crippen molar-refractivity contribution in [1.29, 1.82) is 0 Å². The fraction of sp³-hybridized carbons (Fsp3) is 0.333. The van der Waals surface area contributed by atoms with Gasteiger partial charge in [0.2, 0.25) is 20.0 Å². The first-order valence-electron chi connectivity index (χ1n) is 9.35. The van der Waals surface area contributed by atoms with E-state index in [0.29, 0.717) is 6.42 Å². The number of nitrogens with zero attached hydrogens (tertiary/aromatic N) is 1. The van der Waals surface area contributed by atoms with Crippen molar-refractivity contribution in [2.45, 2.75) is 43.0 Å². The molecule has 0 saturated heterocycles. The van der Waals surface area contributed by atoms with Crippen molar-refractivity contribution in [2.24, 2.45) is 0 Å². The van der Waals surface area contributed by atoms with Crippen LogP contribution in [0.1, 0.15) is 24.5 Å². The van der Waals surface area contributed by atoms with Crippen LogP contribution in [0.15, 0.2) is 70.5 Å². The van der Waals surface area contributed by atoms with E-state index < -0.39 is 26.1 Å². The van der Waals surface area contributed by atoms with Gasteiger partial charge < -0.3 is 0 Å². The summed E-state index contributed by atoms with van der Waals surface area (Å²) in [5.41, 5.74) is 1.96. The van der Waals surface area contributed by atoms with Gasteiger partial charge in [0.05, 0.1) is 9.79 Å². The average molecular weight is 437 g/mol. The third kappa shape index (κ3) is 6.24. The van der Waals surface area contributed by atoms with E-state index in [1.807, 2.05) is 20.8 Å². The number of aryl methyl sites for hydroxylation is 2. The van der Waals surface area contributed by atoms with Gasteiger partial charge in [-0.05, 0) is 44.5 Å². The third-order valence-corrected chi connectivity index (χ3v) is 7.88. The summed E-state index contributed by atoms with van der Waals surface area (Å²) in [7, 11) is -5.75. The van der Waals surface area contributed by atoms with Crippen LogP contribution in [-0.2, 0) is 20.0 Å². The topological polar surface area (TPSA) is 83.6 Å². The van der Waals surface area contributed by atoms with E-state index >= 15 is 0 Å². The van der Waals surface area contributed by atoms with E-state index in [1.54, 1.807) is 60.7 Å². The lowest BCUT2D eigenvalue weighted by Gasteiger charge is -2.17. The van der Waals surface area contributed by atoms with Crippen LogP contribution in [0.2, 0.25) is 0 Å². The van der Waals surface area contributed by atoms with E-state index in [0.717, 1.165) is 11.1 Å². The Morgan fingerprint density at radius 3 is 1.86 bits per heavy atom. The van der Waals surface area contributed by atoms with Gasteiger partial charge in [-0.2, -0.15) is 4.31 Å². The molecule has 0 fully saturated rings. The molecule has 2 rings (SSSR count). The highest BCUT2D eigenvalue weighted by Gasteiger charge is 2.20. The maximum absolute atomic E-state index is 12.6. The highest BCUT2D eigenvalue weighted by atomic mass is 32.2. The number of hydrogen-bond acceptors (Lipinski definition) is 4. The molecule has 0 heterocycles. The lowest BCUT2D eigenvalue weighted by Crippen LogP contribution is -2.33. The van der Waals surface area contributed by atoms with Gasteiger partial charge in [0.25, 0.3) is 0 Å². The minimum absolute atomic E-state index is 0.138. The predicted octanol–water partition coefficient (Wildman–Crippen LogP) is 3.24. The van der Waals surface area contributed by atoms with Crippen LogP contribution < -0.4 is 4.72 Å². The highest BCUT2D eigenvalue weighted by Crippen LogP contribution is 2.15. The van der Waals surface area contributed by atoms with Crippen LogP contribution in [0.5, 0.6) is 0 Å². The third-order valence-electron chi connectivity index (χ3n) is 4.54. The SMILES string of the molecule is CCC(/C=C/CN(C)S(=O)(=O)c1ccc(C)cc1)NS(=O)(=O)c1ccc(C)cc1. The minimum Gasteiger partial charge on any atom is -0.207 e. The van der Waals surface area contributed by atoms with Crippen LogP contribution in [0.3, 0.4) is 0 Å². The molecular weight excluding hydrogens is 408 g/mol. The molecule has 2 aromatic carbocycles. The van der Waals surface area contributed by atoms with E-state index in [9.17, 15) is 16.8 Å². The summed E-state index contributed by atoms with van der Waals surface area (Å²) in [6, 6.07) is 12.9. The molecule has 2 aromatic rings. The molecule has 1 N–H and O–H groups in total. The molecule has 1 unspecified atom stereocenters. The molecule has 0 spiro atoms. The van der Waals surface area contributed by atoms with Crippen LogP contribution in [0, 0.1) is 13.8 Å². The van der Waals surface area contributed by atoms with E-state index in [4.69, 9.17) is 0 Å². The Kier molecular flexibility index (Phi) is 7.76. The molecule has 29 heavy (non-hydrogen) atoms. The summed E-state index contributed by atoms with van der Waals surface area (Å²) < 4.78 is 54.2. The van der Waals surface area contributed by atoms with E-state index in [2.05, 4.69) is 4.72 Å². The van der Waals surface area contributed by atoms with Gasteiger partial charge in [-0.25, -0.2) is 21.6 Å². The van der Waals surface area contributed by atoms with Gasteiger partial charge in [-0.15, -0.1) is 0 Å².